The largest absolute Gasteiger partial charge is 0.394 e. The Bertz CT molecular complexity index is 1040. The van der Waals surface area contributed by atoms with Crippen molar-refractivity contribution in [3.05, 3.63) is 52.2 Å². The molecular formula is C25H35N5O5S. The maximum absolute atomic E-state index is 8.94. The van der Waals surface area contributed by atoms with Gasteiger partial charge in [0.1, 0.15) is 5.00 Å². The maximum Gasteiger partial charge on any atom is 0.234 e. The summed E-state index contributed by atoms with van der Waals surface area (Å²) in [6.45, 7) is 21.9. The summed E-state index contributed by atoms with van der Waals surface area (Å²) in [5.41, 5.74) is 3.57. The monoisotopic (exact) mass is 517 g/mol. The number of aliphatic hydroxyl groups excluding tert-OH is 2. The molecule has 11 heteroatoms. The van der Waals surface area contributed by atoms with E-state index >= 15 is 0 Å². The number of anilines is 1. The summed E-state index contributed by atoms with van der Waals surface area (Å²) in [5, 5.41) is 27.2. The van der Waals surface area contributed by atoms with Crippen LogP contribution in [0.4, 0.5) is 27.1 Å². The van der Waals surface area contributed by atoms with Gasteiger partial charge in [0.2, 0.25) is 10.7 Å². The van der Waals surface area contributed by atoms with Crippen LogP contribution in [-0.2, 0) is 14.2 Å². The van der Waals surface area contributed by atoms with Crippen molar-refractivity contribution in [2.45, 2.75) is 21.3 Å². The van der Waals surface area contributed by atoms with Gasteiger partial charge in [-0.3, -0.25) is 0 Å². The number of nitrogens with zero attached hydrogens (tertiary/aromatic N) is 5. The zero-order chi connectivity index (χ0) is 25.5. The molecule has 0 aliphatic heterocycles. The molecule has 1 heterocycles. The maximum atomic E-state index is 8.94. The second-order valence-corrected chi connectivity index (χ2v) is 8.33. The van der Waals surface area contributed by atoms with E-state index in [1.165, 1.54) is 11.3 Å². The number of ether oxygens (including phenoxy) is 3. The first-order valence-corrected chi connectivity index (χ1v) is 12.0. The lowest BCUT2D eigenvalue weighted by molar-refractivity contribution is 0.0347. The van der Waals surface area contributed by atoms with E-state index in [0.717, 1.165) is 11.3 Å². The van der Waals surface area contributed by atoms with Crippen LogP contribution in [0.3, 0.4) is 0 Å². The van der Waals surface area contributed by atoms with Gasteiger partial charge in [0.05, 0.1) is 71.7 Å². The van der Waals surface area contributed by atoms with Gasteiger partial charge in [0.15, 0.2) is 0 Å². The normalized spacial score (nSPS) is 10.7. The number of hydrogen-bond donors (Lipinski definition) is 2. The Morgan fingerprint density at radius 1 is 0.889 bits per heavy atom. The smallest absolute Gasteiger partial charge is 0.234 e. The molecule has 0 fully saturated rings. The topological polar surface area (TPSA) is 105 Å². The summed E-state index contributed by atoms with van der Waals surface area (Å²) in [6.07, 6.45) is 0. The quantitative estimate of drug-likeness (QED) is 0.176. The van der Waals surface area contributed by atoms with E-state index in [1.54, 1.807) is 6.92 Å². The minimum Gasteiger partial charge on any atom is -0.394 e. The highest BCUT2D eigenvalue weighted by Gasteiger charge is 2.15. The fraction of sp³-hybridized carbons (Fsp3) is 0.520. The lowest BCUT2D eigenvalue weighted by Crippen LogP contribution is -2.31. The lowest BCUT2D eigenvalue weighted by Gasteiger charge is -2.25. The first-order valence-electron chi connectivity index (χ1n) is 11.2. The Balaban J connectivity index is 0.00000648. The number of thiophene rings is 1. The van der Waals surface area contributed by atoms with Crippen LogP contribution in [0.1, 0.15) is 18.6 Å². The van der Waals surface area contributed by atoms with Crippen LogP contribution in [0.25, 0.3) is 9.69 Å². The number of aliphatic hydroxyl groups is 2. The highest BCUT2D eigenvalue weighted by atomic mass is 32.1. The van der Waals surface area contributed by atoms with Gasteiger partial charge < -0.3 is 29.3 Å². The van der Waals surface area contributed by atoms with E-state index in [-0.39, 0.29) is 27.2 Å². The van der Waals surface area contributed by atoms with Crippen LogP contribution in [0.2, 0.25) is 0 Å². The highest BCUT2D eigenvalue weighted by molar-refractivity contribution is 7.20. The molecule has 2 rings (SSSR count). The second-order valence-electron chi connectivity index (χ2n) is 7.35. The molecule has 0 saturated carbocycles. The highest BCUT2D eigenvalue weighted by Crippen LogP contribution is 2.47. The molecule has 2 N–H and O–H groups in total. The second kappa shape index (κ2) is 17.5. The van der Waals surface area contributed by atoms with Crippen LogP contribution >= 0.6 is 11.3 Å². The predicted octanol–water partition coefficient (Wildman–Crippen LogP) is 5.36. The Hall–Kier alpha value is -2.90. The van der Waals surface area contributed by atoms with Gasteiger partial charge in [-0.2, -0.15) is 10.2 Å². The molecule has 0 aliphatic carbocycles. The van der Waals surface area contributed by atoms with Crippen molar-refractivity contribution in [1.82, 2.24) is 0 Å². The minimum absolute atomic E-state index is 0. The van der Waals surface area contributed by atoms with E-state index < -0.39 is 0 Å². The van der Waals surface area contributed by atoms with Gasteiger partial charge in [-0.25, -0.2) is 9.69 Å². The standard InChI is InChI=1S/C24H31N5O5S.CH4/c1-18-17-20(29(7-11-32-13-9-30)8-12-33-15-16-34-14-10-31)5-6-21(18)27-28-24-22(25-3)19(2)23(26-4)35-24;/h5-6,17,30-31H,7-16H2,1-2H3;1H4. The lowest BCUT2D eigenvalue weighted by atomic mass is 10.1. The van der Waals surface area contributed by atoms with Gasteiger partial charge in [-0.05, 0) is 36.2 Å². The van der Waals surface area contributed by atoms with E-state index in [2.05, 4.69) is 24.8 Å². The Labute approximate surface area is 217 Å². The third-order valence-corrected chi connectivity index (χ3v) is 5.99. The van der Waals surface area contributed by atoms with E-state index in [1.807, 2.05) is 25.1 Å². The van der Waals surface area contributed by atoms with Crippen LogP contribution in [0.15, 0.2) is 28.4 Å². The molecular weight excluding hydrogens is 482 g/mol. The van der Waals surface area contributed by atoms with Gasteiger partial charge in [0, 0.05) is 18.8 Å². The minimum atomic E-state index is -0.0217. The van der Waals surface area contributed by atoms with Gasteiger partial charge in [0.25, 0.3) is 0 Å². The summed E-state index contributed by atoms with van der Waals surface area (Å²) >= 11 is 1.17. The average molecular weight is 518 g/mol. The first-order chi connectivity index (χ1) is 17.0. The Morgan fingerprint density at radius 2 is 1.50 bits per heavy atom. The van der Waals surface area contributed by atoms with Crippen molar-refractivity contribution in [1.29, 1.82) is 0 Å². The molecule has 0 saturated heterocycles. The first kappa shape index (κ1) is 31.1. The summed E-state index contributed by atoms with van der Waals surface area (Å²) in [7, 11) is 0. The molecule has 1 aromatic heterocycles. The van der Waals surface area contributed by atoms with Gasteiger partial charge in [-0.1, -0.05) is 14.4 Å². The molecule has 0 unspecified atom stereocenters. The number of rotatable bonds is 16. The van der Waals surface area contributed by atoms with E-state index in [4.69, 9.17) is 37.6 Å². The zero-order valence-electron chi connectivity index (χ0n) is 20.1. The van der Waals surface area contributed by atoms with Gasteiger partial charge in [-0.15, -0.1) is 11.3 Å². The molecule has 0 radical (unpaired) electrons. The summed E-state index contributed by atoms with van der Waals surface area (Å²) < 4.78 is 16.3. The molecule has 2 aromatic rings. The molecule has 36 heavy (non-hydrogen) atoms. The number of azo groups is 1. The van der Waals surface area contributed by atoms with Crippen molar-refractivity contribution < 1.29 is 24.4 Å². The number of hydrogen-bond acceptors (Lipinski definition) is 9. The molecule has 0 atom stereocenters. The van der Waals surface area contributed by atoms with Crippen LogP contribution in [0.5, 0.6) is 0 Å². The fourth-order valence-corrected chi connectivity index (χ4v) is 3.96. The third kappa shape index (κ3) is 9.63. The van der Waals surface area contributed by atoms with Crippen molar-refractivity contribution in [2.24, 2.45) is 10.2 Å². The molecule has 0 amide bonds. The summed E-state index contributed by atoms with van der Waals surface area (Å²) in [4.78, 5) is 9.09. The molecule has 0 bridgehead atoms. The SMILES string of the molecule is C.[C-]#[N+]c1sc(N=Nc2ccc(N(CCOCCO)CCOCCOCCO)cc2C)c([N+]#[C-])c1C. The zero-order valence-corrected chi connectivity index (χ0v) is 20.9. The van der Waals surface area contributed by atoms with Crippen LogP contribution < -0.4 is 4.90 Å². The van der Waals surface area contributed by atoms with E-state index in [0.29, 0.717) is 73.1 Å². The van der Waals surface area contributed by atoms with Crippen molar-refractivity contribution in [3.63, 3.8) is 0 Å². The molecule has 0 aliphatic rings. The molecule has 0 spiro atoms. The fourth-order valence-electron chi connectivity index (χ4n) is 3.10. The number of benzene rings is 1. The van der Waals surface area contributed by atoms with Crippen molar-refractivity contribution in [2.75, 3.05) is 70.8 Å². The van der Waals surface area contributed by atoms with Crippen LogP contribution in [-0.4, -0.2) is 76.2 Å². The van der Waals surface area contributed by atoms with Crippen LogP contribution in [0, 0.1) is 27.0 Å². The third-order valence-electron chi connectivity index (χ3n) is 4.93. The van der Waals surface area contributed by atoms with E-state index in [9.17, 15) is 0 Å². The molecule has 10 nitrogen and oxygen atoms in total. The molecule has 1 aromatic carbocycles. The predicted molar refractivity (Wildman–Crippen MR) is 143 cm³/mol. The average Bonchev–Trinajstić information content (AvgIpc) is 3.18. The van der Waals surface area contributed by atoms with Crippen molar-refractivity contribution >= 4 is 38.4 Å². The Kier molecular flexibility index (Phi) is 15.1. The summed E-state index contributed by atoms with van der Waals surface area (Å²) in [5.74, 6) is 0. The Morgan fingerprint density at radius 3 is 2.06 bits per heavy atom. The molecule has 196 valence electrons. The van der Waals surface area contributed by atoms with Crippen molar-refractivity contribution in [3.8, 4) is 0 Å². The number of aryl methyl sites for hydroxylation is 1. The summed E-state index contributed by atoms with van der Waals surface area (Å²) in [6, 6.07) is 5.82. The van der Waals surface area contributed by atoms with Gasteiger partial charge >= 0.3 is 0 Å².